The molecular formula is C13H17ClN2O4. The smallest absolute Gasteiger partial charge is 0.314 e. The van der Waals surface area contributed by atoms with Crippen LogP contribution in [-0.2, 0) is 11.2 Å². The molecule has 3 N–H and O–H groups in total. The molecule has 0 spiro atoms. The zero-order chi connectivity index (χ0) is 15.0. The van der Waals surface area contributed by atoms with Crippen molar-refractivity contribution < 1.29 is 19.4 Å². The maximum Gasteiger partial charge on any atom is 0.314 e. The number of carbonyl (C=O) groups is 2. The lowest BCUT2D eigenvalue weighted by Crippen LogP contribution is -2.37. The van der Waals surface area contributed by atoms with E-state index in [0.29, 0.717) is 23.7 Å². The minimum Gasteiger partial charge on any atom is -0.495 e. The van der Waals surface area contributed by atoms with Crippen LogP contribution < -0.4 is 15.4 Å². The molecule has 1 rings (SSSR count). The molecule has 2 amide bonds. The number of carbonyl (C=O) groups excluding carboxylic acids is 1. The third-order valence-corrected chi connectivity index (χ3v) is 2.85. The molecule has 0 bridgehead atoms. The highest BCUT2D eigenvalue weighted by Crippen LogP contribution is 2.24. The summed E-state index contributed by atoms with van der Waals surface area (Å²) in [6, 6.07) is 5.02. The molecular weight excluding hydrogens is 284 g/mol. The summed E-state index contributed by atoms with van der Waals surface area (Å²) in [7, 11) is 1.54. The Morgan fingerprint density at radius 3 is 2.65 bits per heavy atom. The first kappa shape index (κ1) is 16.1. The van der Waals surface area contributed by atoms with Crippen LogP contribution in [0.1, 0.15) is 12.0 Å². The number of nitrogens with one attached hydrogen (secondary N) is 2. The largest absolute Gasteiger partial charge is 0.495 e. The number of rotatable bonds is 7. The molecule has 0 saturated carbocycles. The van der Waals surface area contributed by atoms with Crippen molar-refractivity contribution >= 4 is 23.6 Å². The Kier molecular flexibility index (Phi) is 6.66. The molecule has 0 radical (unpaired) electrons. The van der Waals surface area contributed by atoms with Crippen LogP contribution in [0.15, 0.2) is 18.2 Å². The highest BCUT2D eigenvalue weighted by atomic mass is 35.5. The lowest BCUT2D eigenvalue weighted by molar-refractivity contribution is -0.136. The maximum absolute atomic E-state index is 11.3. The van der Waals surface area contributed by atoms with E-state index in [1.165, 1.54) is 0 Å². The first-order valence-electron chi connectivity index (χ1n) is 6.09. The monoisotopic (exact) mass is 300 g/mol. The summed E-state index contributed by atoms with van der Waals surface area (Å²) < 4.78 is 5.10. The van der Waals surface area contributed by atoms with Gasteiger partial charge in [0.05, 0.1) is 18.6 Å². The molecule has 1 aromatic carbocycles. The van der Waals surface area contributed by atoms with Gasteiger partial charge in [-0.15, -0.1) is 0 Å². The van der Waals surface area contributed by atoms with Crippen LogP contribution in [0, 0.1) is 0 Å². The summed E-state index contributed by atoms with van der Waals surface area (Å²) in [6.07, 6.45) is 0.529. The average Bonchev–Trinajstić information content (AvgIpc) is 2.40. The molecule has 0 fully saturated rings. The fourth-order valence-corrected chi connectivity index (χ4v) is 1.72. The fourth-order valence-electron chi connectivity index (χ4n) is 1.53. The van der Waals surface area contributed by atoms with Crippen LogP contribution in [0.4, 0.5) is 4.79 Å². The Balaban J connectivity index is 2.30. The van der Waals surface area contributed by atoms with E-state index >= 15 is 0 Å². The second-order valence-electron chi connectivity index (χ2n) is 4.05. The first-order valence-corrected chi connectivity index (χ1v) is 6.46. The summed E-state index contributed by atoms with van der Waals surface area (Å²) >= 11 is 5.91. The van der Waals surface area contributed by atoms with Crippen LogP contribution in [0.3, 0.4) is 0 Å². The third-order valence-electron chi connectivity index (χ3n) is 2.54. The average molecular weight is 301 g/mol. The van der Waals surface area contributed by atoms with Crippen LogP contribution >= 0.6 is 11.6 Å². The molecule has 0 aliphatic carbocycles. The van der Waals surface area contributed by atoms with E-state index in [2.05, 4.69) is 10.6 Å². The zero-order valence-corrected chi connectivity index (χ0v) is 11.9. The molecule has 0 aromatic heterocycles. The van der Waals surface area contributed by atoms with Gasteiger partial charge in [-0.25, -0.2) is 4.79 Å². The van der Waals surface area contributed by atoms with E-state index in [1.54, 1.807) is 13.2 Å². The summed E-state index contributed by atoms with van der Waals surface area (Å²) in [4.78, 5) is 21.6. The molecule has 0 saturated heterocycles. The number of carboxylic acid groups (broad SMARTS) is 1. The third kappa shape index (κ3) is 5.79. The van der Waals surface area contributed by atoms with E-state index in [4.69, 9.17) is 21.4 Å². The number of halogens is 1. The Morgan fingerprint density at radius 1 is 1.30 bits per heavy atom. The number of urea groups is 1. The van der Waals surface area contributed by atoms with E-state index in [0.717, 1.165) is 5.56 Å². The lowest BCUT2D eigenvalue weighted by Gasteiger charge is -2.08. The Bertz CT molecular complexity index is 479. The Labute approximate surface area is 122 Å². The molecule has 7 heteroatoms. The maximum atomic E-state index is 11.3. The minimum atomic E-state index is -0.946. The molecule has 0 aliphatic rings. The lowest BCUT2D eigenvalue weighted by atomic mass is 10.1. The van der Waals surface area contributed by atoms with Crippen LogP contribution in [0.25, 0.3) is 0 Å². The molecule has 0 atom stereocenters. The van der Waals surface area contributed by atoms with Gasteiger partial charge in [0, 0.05) is 13.1 Å². The quantitative estimate of drug-likeness (QED) is 0.715. The van der Waals surface area contributed by atoms with Crippen molar-refractivity contribution in [1.82, 2.24) is 10.6 Å². The highest BCUT2D eigenvalue weighted by molar-refractivity contribution is 6.32. The van der Waals surface area contributed by atoms with Crippen molar-refractivity contribution in [3.05, 3.63) is 28.8 Å². The Hall–Kier alpha value is -1.95. The van der Waals surface area contributed by atoms with Crippen LogP contribution in [0.2, 0.25) is 5.02 Å². The van der Waals surface area contributed by atoms with Crippen molar-refractivity contribution in [2.45, 2.75) is 12.8 Å². The van der Waals surface area contributed by atoms with E-state index < -0.39 is 5.97 Å². The number of carboxylic acids is 1. The summed E-state index contributed by atoms with van der Waals surface area (Å²) in [6.45, 7) is 0.541. The number of benzene rings is 1. The molecule has 20 heavy (non-hydrogen) atoms. The van der Waals surface area contributed by atoms with Crippen molar-refractivity contribution in [2.75, 3.05) is 20.2 Å². The number of hydrogen-bond donors (Lipinski definition) is 3. The van der Waals surface area contributed by atoms with Gasteiger partial charge >= 0.3 is 12.0 Å². The molecule has 110 valence electrons. The van der Waals surface area contributed by atoms with Gasteiger partial charge in [-0.1, -0.05) is 17.7 Å². The summed E-state index contributed by atoms with van der Waals surface area (Å²) in [5.41, 5.74) is 0.983. The van der Waals surface area contributed by atoms with Gasteiger partial charge < -0.3 is 20.5 Å². The van der Waals surface area contributed by atoms with E-state index in [9.17, 15) is 9.59 Å². The van der Waals surface area contributed by atoms with Gasteiger partial charge in [-0.05, 0) is 24.1 Å². The molecule has 0 heterocycles. The standard InChI is InChI=1S/C13H17ClN2O4/c1-20-11-8-9(2-3-10(11)14)4-6-15-13(19)16-7-5-12(17)18/h2-3,8H,4-7H2,1H3,(H,17,18)(H2,15,16,19). The van der Waals surface area contributed by atoms with Gasteiger partial charge in [0.2, 0.25) is 0 Å². The van der Waals surface area contributed by atoms with Crippen molar-refractivity contribution in [3.8, 4) is 5.75 Å². The van der Waals surface area contributed by atoms with Crippen molar-refractivity contribution in [2.24, 2.45) is 0 Å². The van der Waals surface area contributed by atoms with Gasteiger partial charge in [0.1, 0.15) is 5.75 Å². The predicted octanol–water partition coefficient (Wildman–Crippen LogP) is 1.67. The summed E-state index contributed by atoms with van der Waals surface area (Å²) in [5, 5.41) is 14.1. The predicted molar refractivity (Wildman–Crippen MR) is 75.4 cm³/mol. The van der Waals surface area contributed by atoms with E-state index in [1.807, 2.05) is 12.1 Å². The normalized spacial score (nSPS) is 9.90. The molecule has 0 aliphatic heterocycles. The van der Waals surface area contributed by atoms with E-state index in [-0.39, 0.29) is 19.0 Å². The SMILES string of the molecule is COc1cc(CCNC(=O)NCCC(=O)O)ccc1Cl. The van der Waals surface area contributed by atoms with Gasteiger partial charge in [0.15, 0.2) is 0 Å². The minimum absolute atomic E-state index is 0.0954. The summed E-state index contributed by atoms with van der Waals surface area (Å²) in [5.74, 6) is -0.353. The number of methoxy groups -OCH3 is 1. The van der Waals surface area contributed by atoms with Gasteiger partial charge in [-0.2, -0.15) is 0 Å². The topological polar surface area (TPSA) is 87.7 Å². The second-order valence-corrected chi connectivity index (χ2v) is 4.45. The number of hydrogen-bond acceptors (Lipinski definition) is 3. The number of aliphatic carboxylic acids is 1. The first-order chi connectivity index (χ1) is 9.52. The highest BCUT2D eigenvalue weighted by Gasteiger charge is 2.04. The van der Waals surface area contributed by atoms with Gasteiger partial charge in [0.25, 0.3) is 0 Å². The molecule has 1 aromatic rings. The fraction of sp³-hybridized carbons (Fsp3) is 0.385. The van der Waals surface area contributed by atoms with Crippen LogP contribution in [0.5, 0.6) is 5.75 Å². The van der Waals surface area contributed by atoms with Crippen molar-refractivity contribution in [1.29, 1.82) is 0 Å². The Morgan fingerprint density at radius 2 is 2.00 bits per heavy atom. The van der Waals surface area contributed by atoms with Crippen LogP contribution in [-0.4, -0.2) is 37.3 Å². The van der Waals surface area contributed by atoms with Crippen molar-refractivity contribution in [3.63, 3.8) is 0 Å². The number of amides is 2. The second kappa shape index (κ2) is 8.27. The van der Waals surface area contributed by atoms with Gasteiger partial charge in [-0.3, -0.25) is 4.79 Å². The molecule has 6 nitrogen and oxygen atoms in total. The zero-order valence-electron chi connectivity index (χ0n) is 11.1. The number of ether oxygens (including phenoxy) is 1. The molecule has 0 unspecified atom stereocenters.